The average Bonchev–Trinajstić information content (AvgIpc) is 2.92. The van der Waals surface area contributed by atoms with E-state index in [0.717, 1.165) is 22.7 Å². The molecule has 0 aliphatic heterocycles. The standard InChI is InChI=1S/C29H32Cl3N3O4S/c1-4-5-16-33-29(37)21(3)34(18-22-8-6-7-9-25(22)31)28(36)19-35(27-17-23(30)12-15-26(27)32)40(38,39)24-13-10-20(2)11-14-24/h6-15,17,21H,4-5,16,18-19H2,1-3H3,(H,33,37)/t21-/m0/s1. The number of sulfonamides is 1. The van der Waals surface area contributed by atoms with Crippen LogP contribution in [0.4, 0.5) is 5.69 Å². The van der Waals surface area contributed by atoms with Crippen molar-refractivity contribution in [2.75, 3.05) is 17.4 Å². The largest absolute Gasteiger partial charge is 0.354 e. The highest BCUT2D eigenvalue weighted by Gasteiger charge is 2.33. The summed E-state index contributed by atoms with van der Waals surface area (Å²) in [5.74, 6) is -0.979. The number of hydrogen-bond donors (Lipinski definition) is 1. The first-order valence-corrected chi connectivity index (χ1v) is 15.4. The number of halogens is 3. The first kappa shape index (κ1) is 31.7. The second-order valence-corrected chi connectivity index (χ2v) is 12.5. The maximum Gasteiger partial charge on any atom is 0.264 e. The Morgan fingerprint density at radius 3 is 2.27 bits per heavy atom. The minimum atomic E-state index is -4.27. The molecular formula is C29H32Cl3N3O4S. The second-order valence-electron chi connectivity index (χ2n) is 9.35. The number of carbonyl (C=O) groups is 2. The SMILES string of the molecule is CCCCNC(=O)[C@H](C)N(Cc1ccccc1Cl)C(=O)CN(c1cc(Cl)ccc1Cl)S(=O)(=O)c1ccc(C)cc1. The molecule has 0 aromatic heterocycles. The molecule has 214 valence electrons. The van der Waals surface area contributed by atoms with Gasteiger partial charge < -0.3 is 10.2 Å². The van der Waals surface area contributed by atoms with Crippen molar-refractivity contribution in [3.8, 4) is 0 Å². The summed E-state index contributed by atoms with van der Waals surface area (Å²) in [6.07, 6.45) is 1.68. The molecule has 7 nitrogen and oxygen atoms in total. The zero-order valence-corrected chi connectivity index (χ0v) is 25.6. The molecule has 0 aliphatic carbocycles. The van der Waals surface area contributed by atoms with Gasteiger partial charge in [0.25, 0.3) is 10.0 Å². The Balaban J connectivity index is 2.05. The number of carbonyl (C=O) groups excluding carboxylic acids is 2. The Morgan fingerprint density at radius 2 is 1.62 bits per heavy atom. The molecule has 11 heteroatoms. The number of unbranched alkanes of at least 4 members (excludes halogenated alkanes) is 1. The molecule has 0 unspecified atom stereocenters. The lowest BCUT2D eigenvalue weighted by atomic mass is 10.1. The number of aryl methyl sites for hydroxylation is 1. The Hall–Kier alpha value is -2.78. The van der Waals surface area contributed by atoms with Crippen molar-refractivity contribution in [2.24, 2.45) is 0 Å². The first-order valence-electron chi connectivity index (χ1n) is 12.8. The van der Waals surface area contributed by atoms with Gasteiger partial charge in [0.15, 0.2) is 0 Å². The summed E-state index contributed by atoms with van der Waals surface area (Å²) in [7, 11) is -4.27. The number of rotatable bonds is 12. The van der Waals surface area contributed by atoms with E-state index in [4.69, 9.17) is 34.8 Å². The van der Waals surface area contributed by atoms with Gasteiger partial charge in [-0.15, -0.1) is 0 Å². The fraction of sp³-hybridized carbons (Fsp3) is 0.310. The molecular weight excluding hydrogens is 593 g/mol. The molecule has 0 radical (unpaired) electrons. The first-order chi connectivity index (χ1) is 18.9. The fourth-order valence-electron chi connectivity index (χ4n) is 3.96. The van der Waals surface area contributed by atoms with Gasteiger partial charge in [-0.25, -0.2) is 8.42 Å². The monoisotopic (exact) mass is 623 g/mol. The molecule has 1 atom stereocenters. The van der Waals surface area contributed by atoms with Crippen LogP contribution >= 0.6 is 34.8 Å². The van der Waals surface area contributed by atoms with Crippen molar-refractivity contribution in [2.45, 2.75) is 51.1 Å². The van der Waals surface area contributed by atoms with Crippen LogP contribution in [0.1, 0.15) is 37.8 Å². The van der Waals surface area contributed by atoms with Crippen LogP contribution < -0.4 is 9.62 Å². The predicted octanol–water partition coefficient (Wildman–Crippen LogP) is 6.48. The number of nitrogens with zero attached hydrogens (tertiary/aromatic N) is 2. The van der Waals surface area contributed by atoms with E-state index in [2.05, 4.69) is 5.32 Å². The smallest absolute Gasteiger partial charge is 0.264 e. The van der Waals surface area contributed by atoms with Gasteiger partial charge >= 0.3 is 0 Å². The maximum absolute atomic E-state index is 14.0. The van der Waals surface area contributed by atoms with E-state index < -0.39 is 28.5 Å². The molecule has 0 saturated carbocycles. The molecule has 0 saturated heterocycles. The number of anilines is 1. The molecule has 2 amide bonds. The Kier molecular flexibility index (Phi) is 11.3. The van der Waals surface area contributed by atoms with E-state index in [0.29, 0.717) is 17.1 Å². The number of amides is 2. The lowest BCUT2D eigenvalue weighted by Crippen LogP contribution is -2.51. The Morgan fingerprint density at radius 1 is 0.950 bits per heavy atom. The van der Waals surface area contributed by atoms with Gasteiger partial charge in [0.05, 0.1) is 15.6 Å². The lowest BCUT2D eigenvalue weighted by molar-refractivity contribution is -0.139. The fourth-order valence-corrected chi connectivity index (χ4v) is 6.01. The maximum atomic E-state index is 14.0. The molecule has 0 spiro atoms. The van der Waals surface area contributed by atoms with Crippen LogP contribution in [0.15, 0.2) is 71.6 Å². The minimum Gasteiger partial charge on any atom is -0.354 e. The van der Waals surface area contributed by atoms with Gasteiger partial charge in [0.1, 0.15) is 12.6 Å². The zero-order valence-electron chi connectivity index (χ0n) is 22.5. The van der Waals surface area contributed by atoms with E-state index >= 15 is 0 Å². The summed E-state index contributed by atoms with van der Waals surface area (Å²) in [4.78, 5) is 28.3. The van der Waals surface area contributed by atoms with Gasteiger partial charge in [-0.2, -0.15) is 0 Å². The highest BCUT2D eigenvalue weighted by atomic mass is 35.5. The predicted molar refractivity (Wildman–Crippen MR) is 162 cm³/mol. The molecule has 3 aromatic carbocycles. The molecule has 0 fully saturated rings. The number of nitrogens with one attached hydrogen (secondary N) is 1. The van der Waals surface area contributed by atoms with E-state index in [1.165, 1.54) is 35.2 Å². The molecule has 0 bridgehead atoms. The van der Waals surface area contributed by atoms with Gasteiger partial charge in [-0.05, 0) is 62.2 Å². The van der Waals surface area contributed by atoms with Crippen molar-refractivity contribution in [1.29, 1.82) is 0 Å². The van der Waals surface area contributed by atoms with Crippen LogP contribution in [-0.2, 0) is 26.2 Å². The molecule has 3 aromatic rings. The summed E-state index contributed by atoms with van der Waals surface area (Å²) in [6, 6.07) is 16.7. The van der Waals surface area contributed by atoms with Crippen molar-refractivity contribution in [3.63, 3.8) is 0 Å². The zero-order chi connectivity index (χ0) is 29.4. The van der Waals surface area contributed by atoms with E-state index in [-0.39, 0.29) is 33.1 Å². The van der Waals surface area contributed by atoms with Gasteiger partial charge in [-0.3, -0.25) is 13.9 Å². The normalized spacial score (nSPS) is 12.1. The molecule has 0 aliphatic rings. The van der Waals surface area contributed by atoms with Gasteiger partial charge in [-0.1, -0.05) is 84.0 Å². The van der Waals surface area contributed by atoms with Crippen LogP contribution in [0.3, 0.4) is 0 Å². The molecule has 40 heavy (non-hydrogen) atoms. The third-order valence-electron chi connectivity index (χ3n) is 6.36. The minimum absolute atomic E-state index is 0.0113. The van der Waals surface area contributed by atoms with Crippen LogP contribution in [-0.4, -0.2) is 44.3 Å². The van der Waals surface area contributed by atoms with E-state index in [9.17, 15) is 18.0 Å². The summed E-state index contributed by atoms with van der Waals surface area (Å²) in [5.41, 5.74) is 1.52. The van der Waals surface area contributed by atoms with Gasteiger partial charge in [0, 0.05) is 23.1 Å². The Labute approximate surface area is 251 Å². The van der Waals surface area contributed by atoms with Gasteiger partial charge in [0.2, 0.25) is 11.8 Å². The summed E-state index contributed by atoms with van der Waals surface area (Å²) in [6.45, 7) is 5.26. The Bertz CT molecular complexity index is 1450. The van der Waals surface area contributed by atoms with Crippen molar-refractivity contribution in [3.05, 3.63) is 92.9 Å². The quantitative estimate of drug-likeness (QED) is 0.234. The van der Waals surface area contributed by atoms with E-state index in [1.54, 1.807) is 43.3 Å². The molecule has 1 N–H and O–H groups in total. The highest BCUT2D eigenvalue weighted by molar-refractivity contribution is 7.92. The lowest BCUT2D eigenvalue weighted by Gasteiger charge is -2.32. The van der Waals surface area contributed by atoms with Crippen LogP contribution in [0.2, 0.25) is 15.1 Å². The summed E-state index contributed by atoms with van der Waals surface area (Å²) in [5, 5.41) is 3.60. The summed E-state index contributed by atoms with van der Waals surface area (Å²) >= 11 is 19.0. The van der Waals surface area contributed by atoms with Crippen LogP contribution in [0.25, 0.3) is 0 Å². The third-order valence-corrected chi connectivity index (χ3v) is 9.06. The van der Waals surface area contributed by atoms with Crippen LogP contribution in [0, 0.1) is 6.92 Å². The van der Waals surface area contributed by atoms with Crippen molar-refractivity contribution in [1.82, 2.24) is 10.2 Å². The van der Waals surface area contributed by atoms with Crippen molar-refractivity contribution < 1.29 is 18.0 Å². The molecule has 3 rings (SSSR count). The van der Waals surface area contributed by atoms with Crippen LogP contribution in [0.5, 0.6) is 0 Å². The second kappa shape index (κ2) is 14.2. The third kappa shape index (κ3) is 7.91. The average molecular weight is 625 g/mol. The topological polar surface area (TPSA) is 86.8 Å². The summed E-state index contributed by atoms with van der Waals surface area (Å²) < 4.78 is 28.7. The van der Waals surface area contributed by atoms with Crippen molar-refractivity contribution >= 4 is 62.3 Å². The molecule has 0 heterocycles. The van der Waals surface area contributed by atoms with E-state index in [1.807, 2.05) is 13.8 Å². The highest BCUT2D eigenvalue weighted by Crippen LogP contribution is 2.33. The number of hydrogen-bond acceptors (Lipinski definition) is 4. The number of benzene rings is 3.